The van der Waals surface area contributed by atoms with Crippen LogP contribution in [0.1, 0.15) is 34.5 Å². The molecule has 0 radical (unpaired) electrons. The van der Waals surface area contributed by atoms with E-state index in [1.807, 2.05) is 6.07 Å². The van der Waals surface area contributed by atoms with Crippen molar-refractivity contribution < 1.29 is 17.9 Å². The lowest BCUT2D eigenvalue weighted by molar-refractivity contribution is 0.0461. The average molecular weight is 373 g/mol. The van der Waals surface area contributed by atoms with Crippen molar-refractivity contribution in [2.24, 2.45) is 7.05 Å². The fraction of sp³-hybridized carbons (Fsp3) is 0.333. The molecule has 1 fully saturated rings. The molecule has 0 aliphatic carbocycles. The molecule has 1 saturated heterocycles. The molecule has 26 heavy (non-hydrogen) atoms. The maximum absolute atomic E-state index is 12.6. The third-order valence-corrected chi connectivity index (χ3v) is 6.25. The van der Waals surface area contributed by atoms with Crippen LogP contribution in [-0.4, -0.2) is 36.3 Å². The van der Waals surface area contributed by atoms with Crippen LogP contribution in [0.4, 0.5) is 0 Å². The van der Waals surface area contributed by atoms with E-state index >= 15 is 0 Å². The SMILES string of the molecule is Cn1cc(S(=O)(=O)N2CCCC2)cc1C(=O)OCc1ccccc1C#N. The largest absolute Gasteiger partial charge is 0.456 e. The molecule has 2 heterocycles. The topological polar surface area (TPSA) is 92.4 Å². The first-order valence-corrected chi connectivity index (χ1v) is 9.69. The Kier molecular flexibility index (Phi) is 5.11. The maximum atomic E-state index is 12.6. The third kappa shape index (κ3) is 3.49. The third-order valence-electron chi connectivity index (χ3n) is 4.39. The Morgan fingerprint density at radius 2 is 1.96 bits per heavy atom. The van der Waals surface area contributed by atoms with Gasteiger partial charge in [-0.25, -0.2) is 13.2 Å². The molecule has 1 aliphatic heterocycles. The molecule has 2 aromatic rings. The van der Waals surface area contributed by atoms with E-state index in [9.17, 15) is 13.2 Å². The molecular formula is C18H19N3O4S. The molecule has 0 saturated carbocycles. The Hall–Kier alpha value is -2.63. The van der Waals surface area contributed by atoms with E-state index in [4.69, 9.17) is 10.00 Å². The van der Waals surface area contributed by atoms with E-state index in [2.05, 4.69) is 0 Å². The first-order valence-electron chi connectivity index (χ1n) is 8.25. The number of nitriles is 1. The summed E-state index contributed by atoms with van der Waals surface area (Å²) < 4.78 is 33.4. The number of carbonyl (C=O) groups excluding carboxylic acids is 1. The van der Waals surface area contributed by atoms with Gasteiger partial charge < -0.3 is 9.30 Å². The van der Waals surface area contributed by atoms with Crippen molar-refractivity contribution in [1.29, 1.82) is 5.26 Å². The van der Waals surface area contributed by atoms with Crippen LogP contribution in [0.3, 0.4) is 0 Å². The molecular weight excluding hydrogens is 354 g/mol. The number of carbonyl (C=O) groups is 1. The van der Waals surface area contributed by atoms with Crippen molar-refractivity contribution >= 4 is 16.0 Å². The second kappa shape index (κ2) is 7.32. The lowest BCUT2D eigenvalue weighted by Crippen LogP contribution is -2.27. The van der Waals surface area contributed by atoms with Crippen molar-refractivity contribution in [3.63, 3.8) is 0 Å². The number of sulfonamides is 1. The Morgan fingerprint density at radius 1 is 1.27 bits per heavy atom. The summed E-state index contributed by atoms with van der Waals surface area (Å²) in [5, 5.41) is 9.08. The highest BCUT2D eigenvalue weighted by Crippen LogP contribution is 2.23. The lowest BCUT2D eigenvalue weighted by atomic mass is 10.1. The van der Waals surface area contributed by atoms with Gasteiger partial charge in [0.2, 0.25) is 10.0 Å². The van der Waals surface area contributed by atoms with Gasteiger partial charge in [-0.3, -0.25) is 0 Å². The molecule has 0 amide bonds. The molecule has 0 unspecified atom stereocenters. The first kappa shape index (κ1) is 18.2. The number of aryl methyl sites for hydroxylation is 1. The smallest absolute Gasteiger partial charge is 0.355 e. The zero-order valence-electron chi connectivity index (χ0n) is 14.4. The zero-order valence-corrected chi connectivity index (χ0v) is 15.2. The summed E-state index contributed by atoms with van der Waals surface area (Å²) in [6.45, 7) is 0.950. The van der Waals surface area contributed by atoms with E-state index in [0.717, 1.165) is 12.8 Å². The van der Waals surface area contributed by atoms with Crippen LogP contribution in [0.25, 0.3) is 0 Å². The fourth-order valence-electron chi connectivity index (χ4n) is 2.93. The zero-order chi connectivity index (χ0) is 18.7. The van der Waals surface area contributed by atoms with Gasteiger partial charge in [0.05, 0.1) is 11.6 Å². The maximum Gasteiger partial charge on any atom is 0.355 e. The van der Waals surface area contributed by atoms with Crippen molar-refractivity contribution in [3.8, 4) is 6.07 Å². The van der Waals surface area contributed by atoms with E-state index in [0.29, 0.717) is 24.2 Å². The normalized spacial score (nSPS) is 14.9. The Labute approximate surface area is 152 Å². The number of hydrogen-bond acceptors (Lipinski definition) is 5. The van der Waals surface area contributed by atoms with Crippen molar-refractivity contribution in [2.75, 3.05) is 13.1 Å². The van der Waals surface area contributed by atoms with Gasteiger partial charge in [-0.1, -0.05) is 18.2 Å². The molecule has 8 heteroatoms. The number of ether oxygens (including phenoxy) is 1. The molecule has 0 atom stereocenters. The summed E-state index contributed by atoms with van der Waals surface area (Å²) >= 11 is 0. The number of esters is 1. The van der Waals surface area contributed by atoms with Gasteiger partial charge in [-0.05, 0) is 25.0 Å². The number of benzene rings is 1. The van der Waals surface area contributed by atoms with Crippen LogP contribution >= 0.6 is 0 Å². The molecule has 0 spiro atoms. The van der Waals surface area contributed by atoms with Gasteiger partial charge >= 0.3 is 5.97 Å². The molecule has 0 N–H and O–H groups in total. The van der Waals surface area contributed by atoms with Crippen molar-refractivity contribution in [2.45, 2.75) is 24.3 Å². The number of hydrogen-bond donors (Lipinski definition) is 0. The number of aromatic nitrogens is 1. The number of nitrogens with zero attached hydrogens (tertiary/aromatic N) is 3. The molecule has 7 nitrogen and oxygen atoms in total. The minimum absolute atomic E-state index is 0.0536. The van der Waals surface area contributed by atoms with E-state index < -0.39 is 16.0 Å². The predicted molar refractivity (Wildman–Crippen MR) is 93.7 cm³/mol. The summed E-state index contributed by atoms with van der Waals surface area (Å²) in [6, 6.07) is 10.2. The molecule has 1 aromatic heterocycles. The predicted octanol–water partition coefficient (Wildman–Crippen LogP) is 2.04. The van der Waals surface area contributed by atoms with Crippen LogP contribution < -0.4 is 0 Å². The van der Waals surface area contributed by atoms with Gasteiger partial charge in [-0.15, -0.1) is 0 Å². The standard InChI is InChI=1S/C18H19N3O4S/c1-20-12-16(26(23,24)21-8-4-5-9-21)10-17(20)18(22)25-13-15-7-3-2-6-14(15)11-19/h2-3,6-7,10,12H,4-5,8-9,13H2,1H3. The van der Waals surface area contributed by atoms with E-state index in [1.165, 1.54) is 21.1 Å². The highest BCUT2D eigenvalue weighted by Gasteiger charge is 2.29. The average Bonchev–Trinajstić information content (AvgIpc) is 3.30. The molecule has 136 valence electrons. The van der Waals surface area contributed by atoms with Gasteiger partial charge in [0, 0.05) is 31.9 Å². The summed E-state index contributed by atoms with van der Waals surface area (Å²) in [4.78, 5) is 12.5. The second-order valence-electron chi connectivity index (χ2n) is 6.13. The molecule has 0 bridgehead atoms. The van der Waals surface area contributed by atoms with Gasteiger partial charge in [0.15, 0.2) is 0 Å². The van der Waals surface area contributed by atoms with Crippen LogP contribution in [-0.2, 0) is 28.4 Å². The minimum Gasteiger partial charge on any atom is -0.456 e. The Bertz CT molecular complexity index is 967. The highest BCUT2D eigenvalue weighted by molar-refractivity contribution is 7.89. The van der Waals surface area contributed by atoms with Crippen LogP contribution in [0, 0.1) is 11.3 Å². The van der Waals surface area contributed by atoms with E-state index in [-0.39, 0.29) is 17.2 Å². The Morgan fingerprint density at radius 3 is 2.65 bits per heavy atom. The van der Waals surface area contributed by atoms with Crippen LogP contribution in [0.2, 0.25) is 0 Å². The quantitative estimate of drug-likeness (QED) is 0.748. The second-order valence-corrected chi connectivity index (χ2v) is 8.07. The van der Waals surface area contributed by atoms with Gasteiger partial charge in [0.1, 0.15) is 17.2 Å². The monoisotopic (exact) mass is 373 g/mol. The summed E-state index contributed by atoms with van der Waals surface area (Å²) in [5.74, 6) is -0.636. The van der Waals surface area contributed by atoms with E-state index in [1.54, 1.807) is 31.3 Å². The van der Waals surface area contributed by atoms with Gasteiger partial charge in [-0.2, -0.15) is 9.57 Å². The summed E-state index contributed by atoms with van der Waals surface area (Å²) in [6.07, 6.45) is 3.12. The van der Waals surface area contributed by atoms with Crippen molar-refractivity contribution in [3.05, 3.63) is 53.3 Å². The van der Waals surface area contributed by atoms with Crippen LogP contribution in [0.5, 0.6) is 0 Å². The van der Waals surface area contributed by atoms with Crippen molar-refractivity contribution in [1.82, 2.24) is 8.87 Å². The Balaban J connectivity index is 1.76. The molecule has 1 aromatic carbocycles. The fourth-order valence-corrected chi connectivity index (χ4v) is 4.52. The minimum atomic E-state index is -3.59. The molecule has 1 aliphatic rings. The first-order chi connectivity index (χ1) is 12.4. The van der Waals surface area contributed by atoms with Gasteiger partial charge in [0.25, 0.3) is 0 Å². The molecule has 3 rings (SSSR count). The summed E-state index contributed by atoms with van der Waals surface area (Å²) in [7, 11) is -1.99. The van der Waals surface area contributed by atoms with Crippen LogP contribution in [0.15, 0.2) is 41.4 Å². The summed E-state index contributed by atoms with van der Waals surface area (Å²) in [5.41, 5.74) is 1.18. The lowest BCUT2D eigenvalue weighted by Gasteiger charge is -2.13. The number of rotatable bonds is 5. The highest BCUT2D eigenvalue weighted by atomic mass is 32.2.